The minimum atomic E-state index is -3.49. The molecule has 3 aromatic rings. The van der Waals surface area contributed by atoms with Crippen molar-refractivity contribution >= 4 is 50.6 Å². The Morgan fingerprint density at radius 3 is 2.43 bits per heavy atom. The van der Waals surface area contributed by atoms with Gasteiger partial charge in [-0.1, -0.05) is 41.9 Å². The van der Waals surface area contributed by atoms with Gasteiger partial charge in [-0.2, -0.15) is 4.31 Å². The largest absolute Gasteiger partial charge is 0.479 e. The van der Waals surface area contributed by atoms with Crippen molar-refractivity contribution in [2.24, 2.45) is 5.92 Å². The van der Waals surface area contributed by atoms with Crippen molar-refractivity contribution in [3.05, 3.63) is 64.5 Å². The van der Waals surface area contributed by atoms with Crippen LogP contribution in [-0.2, 0) is 14.8 Å². The molecule has 2 aromatic carbocycles. The number of benzene rings is 2. The smallest absolute Gasteiger partial charge is 0.349 e. The summed E-state index contributed by atoms with van der Waals surface area (Å²) < 4.78 is 32.4. The van der Waals surface area contributed by atoms with E-state index in [1.807, 2.05) is 12.1 Å². The molecule has 1 saturated heterocycles. The van der Waals surface area contributed by atoms with Gasteiger partial charge < -0.3 is 20.3 Å². The number of piperidine rings is 1. The molecule has 4 rings (SSSR count). The summed E-state index contributed by atoms with van der Waals surface area (Å²) in [4.78, 5) is 23.1. The number of ether oxygens (including phenoxy) is 1. The number of thiophene rings is 1. The van der Waals surface area contributed by atoms with Crippen LogP contribution in [0, 0.1) is 5.92 Å². The Morgan fingerprint density at radius 1 is 1.08 bits per heavy atom. The van der Waals surface area contributed by atoms with E-state index in [1.54, 1.807) is 42.5 Å². The number of halogens is 1. The first-order valence-electron chi connectivity index (χ1n) is 11.5. The Balaban J connectivity index is 1.40. The summed E-state index contributed by atoms with van der Waals surface area (Å²) >= 11 is 7.31. The first-order chi connectivity index (χ1) is 17.7. The summed E-state index contributed by atoms with van der Waals surface area (Å²) in [5.41, 5.74) is 1.46. The van der Waals surface area contributed by atoms with Crippen LogP contribution >= 0.6 is 22.9 Å². The molecule has 0 unspecified atom stereocenters. The van der Waals surface area contributed by atoms with Crippen LogP contribution in [-0.4, -0.2) is 61.1 Å². The molecule has 9 nitrogen and oxygen atoms in total. The Bertz CT molecular complexity index is 1390. The van der Waals surface area contributed by atoms with E-state index in [-0.39, 0.29) is 21.6 Å². The molecule has 0 spiro atoms. The average molecular weight is 565 g/mol. The number of rotatable bonds is 10. The molecule has 3 N–H and O–H groups in total. The second-order valence-electron chi connectivity index (χ2n) is 8.51. The average Bonchev–Trinajstić information content (AvgIpc) is 3.23. The van der Waals surface area contributed by atoms with Gasteiger partial charge in [-0.15, -0.1) is 11.3 Å². The van der Waals surface area contributed by atoms with Gasteiger partial charge in [0.05, 0.1) is 9.77 Å². The van der Waals surface area contributed by atoms with Crippen LogP contribution in [0.5, 0.6) is 5.75 Å². The summed E-state index contributed by atoms with van der Waals surface area (Å²) in [6, 6.07) is 15.7. The number of sulfonamides is 1. The lowest BCUT2D eigenvalue weighted by Gasteiger charge is -2.31. The number of aliphatic carboxylic acids is 1. The third-order valence-electron chi connectivity index (χ3n) is 6.02. The van der Waals surface area contributed by atoms with Gasteiger partial charge in [0.1, 0.15) is 5.02 Å². The molecule has 0 atom stereocenters. The van der Waals surface area contributed by atoms with Gasteiger partial charge in [0, 0.05) is 25.3 Å². The van der Waals surface area contributed by atoms with Crippen molar-refractivity contribution < 1.29 is 33.0 Å². The van der Waals surface area contributed by atoms with Crippen molar-refractivity contribution in [1.82, 2.24) is 4.31 Å². The van der Waals surface area contributed by atoms with Gasteiger partial charge in [0.15, 0.2) is 17.2 Å². The molecule has 37 heavy (non-hydrogen) atoms. The minimum Gasteiger partial charge on any atom is -0.479 e. The predicted octanol–water partition coefficient (Wildman–Crippen LogP) is 4.74. The molecule has 196 valence electrons. The van der Waals surface area contributed by atoms with Gasteiger partial charge in [0.2, 0.25) is 10.0 Å². The Hall–Kier alpha value is -3.12. The summed E-state index contributed by atoms with van der Waals surface area (Å²) in [6.45, 7) is 0.842. The van der Waals surface area contributed by atoms with Gasteiger partial charge in [0.25, 0.3) is 0 Å². The van der Waals surface area contributed by atoms with Crippen molar-refractivity contribution in [2.75, 3.05) is 31.6 Å². The lowest BCUT2D eigenvalue weighted by molar-refractivity contribution is -0.139. The van der Waals surface area contributed by atoms with E-state index in [0.29, 0.717) is 35.0 Å². The molecule has 2 heterocycles. The lowest BCUT2D eigenvalue weighted by Crippen LogP contribution is -2.39. The number of hydrogen-bond donors (Lipinski definition) is 3. The Kier molecular flexibility index (Phi) is 8.38. The highest BCUT2D eigenvalue weighted by Gasteiger charge is 2.29. The Labute approximate surface area is 223 Å². The highest BCUT2D eigenvalue weighted by molar-refractivity contribution is 7.89. The van der Waals surface area contributed by atoms with Crippen molar-refractivity contribution in [2.45, 2.75) is 17.7 Å². The molecule has 1 aliphatic heterocycles. The van der Waals surface area contributed by atoms with Gasteiger partial charge in [-0.3, -0.25) is 0 Å². The van der Waals surface area contributed by atoms with E-state index >= 15 is 0 Å². The number of carboxylic acid groups (broad SMARTS) is 2. The van der Waals surface area contributed by atoms with Gasteiger partial charge in [-0.05, 0) is 48.6 Å². The van der Waals surface area contributed by atoms with E-state index < -0.39 is 28.6 Å². The fraction of sp³-hybridized carbons (Fsp3) is 0.280. The summed E-state index contributed by atoms with van der Waals surface area (Å²) in [5, 5.41) is 21.8. The van der Waals surface area contributed by atoms with E-state index in [4.69, 9.17) is 21.4 Å². The van der Waals surface area contributed by atoms with Crippen LogP contribution in [0.1, 0.15) is 22.5 Å². The second-order valence-corrected chi connectivity index (χ2v) is 11.8. The van der Waals surface area contributed by atoms with E-state index in [9.17, 15) is 23.1 Å². The van der Waals surface area contributed by atoms with Crippen LogP contribution in [0.4, 0.5) is 5.69 Å². The summed E-state index contributed by atoms with van der Waals surface area (Å²) in [6.07, 6.45) is 1.45. The van der Waals surface area contributed by atoms with E-state index in [2.05, 4.69) is 5.32 Å². The number of anilines is 1. The fourth-order valence-corrected chi connectivity index (χ4v) is 7.01. The first-order valence-corrected chi connectivity index (χ1v) is 14.1. The van der Waals surface area contributed by atoms with Crippen molar-refractivity contribution in [3.8, 4) is 16.2 Å². The van der Waals surface area contributed by atoms with Crippen LogP contribution in [0.2, 0.25) is 5.02 Å². The maximum Gasteiger partial charge on any atom is 0.349 e. The Morgan fingerprint density at radius 2 is 1.78 bits per heavy atom. The standard InChI is InChI=1S/C25H25ClN2O7S2/c26-21-22(35-15-20(29)30)24(25(31)32)36-23(21)17-5-4-6-18(13-17)27-14-16-9-11-28(12-10-16)37(33,34)19-7-2-1-3-8-19/h1-8,13,16,27H,9-12,14-15H2,(H,29,30)(H,31,32). The summed E-state index contributed by atoms with van der Waals surface area (Å²) in [7, 11) is -3.49. The minimum absolute atomic E-state index is 0.0489. The zero-order valence-electron chi connectivity index (χ0n) is 19.6. The zero-order valence-corrected chi connectivity index (χ0v) is 22.0. The van der Waals surface area contributed by atoms with Crippen LogP contribution < -0.4 is 10.1 Å². The van der Waals surface area contributed by atoms with Crippen LogP contribution in [0.25, 0.3) is 10.4 Å². The van der Waals surface area contributed by atoms with Gasteiger partial charge >= 0.3 is 11.9 Å². The molecule has 0 aliphatic carbocycles. The third kappa shape index (κ3) is 6.24. The van der Waals surface area contributed by atoms with Crippen molar-refractivity contribution in [3.63, 3.8) is 0 Å². The number of carbonyl (C=O) groups is 2. The maximum absolute atomic E-state index is 12.8. The fourth-order valence-electron chi connectivity index (χ4n) is 4.11. The molecule has 12 heteroatoms. The monoisotopic (exact) mass is 564 g/mol. The highest BCUT2D eigenvalue weighted by Crippen LogP contribution is 2.46. The molecule has 0 radical (unpaired) electrons. The molecule has 1 aromatic heterocycles. The third-order valence-corrected chi connectivity index (χ3v) is 9.61. The van der Waals surface area contributed by atoms with E-state index in [0.717, 1.165) is 29.9 Å². The second kappa shape index (κ2) is 11.5. The number of aromatic carboxylic acids is 1. The number of carboxylic acids is 2. The lowest BCUT2D eigenvalue weighted by atomic mass is 9.98. The molecule has 0 saturated carbocycles. The number of nitrogens with one attached hydrogen (secondary N) is 1. The normalized spacial score (nSPS) is 14.8. The molecular weight excluding hydrogens is 540 g/mol. The van der Waals surface area contributed by atoms with Crippen LogP contribution in [0.3, 0.4) is 0 Å². The summed E-state index contributed by atoms with van der Waals surface area (Å²) in [5.74, 6) is -2.37. The van der Waals surface area contributed by atoms with Crippen LogP contribution in [0.15, 0.2) is 59.5 Å². The number of nitrogens with zero attached hydrogens (tertiary/aromatic N) is 1. The molecule has 1 aliphatic rings. The SMILES string of the molecule is O=C(O)COc1c(C(=O)O)sc(-c2cccc(NCC3CCN(S(=O)(=O)c4ccccc4)CC3)c2)c1Cl. The van der Waals surface area contributed by atoms with Crippen molar-refractivity contribution in [1.29, 1.82) is 0 Å². The molecule has 1 fully saturated rings. The predicted molar refractivity (Wildman–Crippen MR) is 141 cm³/mol. The first kappa shape index (κ1) is 26.9. The van der Waals surface area contributed by atoms with E-state index in [1.165, 1.54) is 4.31 Å². The van der Waals surface area contributed by atoms with Gasteiger partial charge in [-0.25, -0.2) is 18.0 Å². The molecule has 0 amide bonds. The number of hydrogen-bond acceptors (Lipinski definition) is 7. The zero-order chi connectivity index (χ0) is 26.6. The topological polar surface area (TPSA) is 133 Å². The molecule has 0 bridgehead atoms. The highest BCUT2D eigenvalue weighted by atomic mass is 35.5. The quantitative estimate of drug-likeness (QED) is 0.321. The molecular formula is C25H25ClN2O7S2. The maximum atomic E-state index is 12.8.